The van der Waals surface area contributed by atoms with Crippen LogP contribution in [0.15, 0.2) is 47.4 Å². The summed E-state index contributed by atoms with van der Waals surface area (Å²) in [6, 6.07) is 9.89. The van der Waals surface area contributed by atoms with Gasteiger partial charge in [-0.1, -0.05) is 17.7 Å². The Hall–Kier alpha value is -2.69. The van der Waals surface area contributed by atoms with Crippen molar-refractivity contribution in [1.82, 2.24) is 4.31 Å². The highest BCUT2D eigenvalue weighted by Gasteiger charge is 2.33. The predicted octanol–water partition coefficient (Wildman–Crippen LogP) is 3.69. The minimum atomic E-state index is -3.85. The molecule has 1 atom stereocenters. The first kappa shape index (κ1) is 23.0. The number of hydrogen-bond acceptors (Lipinski definition) is 6. The summed E-state index contributed by atoms with van der Waals surface area (Å²) in [7, 11) is -3.85. The van der Waals surface area contributed by atoms with Crippen molar-refractivity contribution in [2.75, 3.05) is 25.0 Å². The number of nitro groups is 1. The number of piperidine rings is 1. The van der Waals surface area contributed by atoms with Crippen LogP contribution < -0.4 is 10.1 Å². The Bertz CT molecular complexity index is 1090. The van der Waals surface area contributed by atoms with Crippen LogP contribution in [0.1, 0.15) is 19.8 Å². The Morgan fingerprint density at radius 1 is 1.32 bits per heavy atom. The number of non-ortho nitro benzene ring substituents is 1. The van der Waals surface area contributed by atoms with E-state index in [4.69, 9.17) is 16.3 Å². The Kier molecular flexibility index (Phi) is 7.14. The van der Waals surface area contributed by atoms with E-state index in [2.05, 4.69) is 5.32 Å². The largest absolute Gasteiger partial charge is 0.492 e. The highest BCUT2D eigenvalue weighted by atomic mass is 35.5. The lowest BCUT2D eigenvalue weighted by Crippen LogP contribution is -2.43. The number of amides is 1. The maximum absolute atomic E-state index is 13.1. The van der Waals surface area contributed by atoms with Gasteiger partial charge in [0, 0.05) is 30.9 Å². The third kappa shape index (κ3) is 5.33. The Balaban J connectivity index is 1.73. The molecular weight excluding hydrogens is 446 g/mol. The molecule has 2 aromatic rings. The van der Waals surface area contributed by atoms with Crippen molar-refractivity contribution in [3.05, 3.63) is 57.6 Å². The standard InChI is InChI=1S/C20H22ClN3O6S/c1-2-30-19-9-8-17(12-18(19)21)31(28,29)23-10-4-5-14(13-23)20(25)22-15-6-3-7-16(11-15)24(26)27/h3,6-9,11-12,14H,2,4-5,10,13H2,1H3,(H,22,25)/t14-/m0/s1. The van der Waals surface area contributed by atoms with Gasteiger partial charge < -0.3 is 10.1 Å². The molecule has 1 amide bonds. The van der Waals surface area contributed by atoms with Crippen LogP contribution in [0.25, 0.3) is 0 Å². The van der Waals surface area contributed by atoms with Gasteiger partial charge in [0.15, 0.2) is 0 Å². The fourth-order valence-electron chi connectivity index (χ4n) is 3.38. The average molecular weight is 468 g/mol. The van der Waals surface area contributed by atoms with E-state index in [-0.39, 0.29) is 40.3 Å². The molecule has 166 valence electrons. The van der Waals surface area contributed by atoms with E-state index in [0.717, 1.165) is 0 Å². The van der Waals surface area contributed by atoms with Crippen LogP contribution in [-0.4, -0.2) is 43.2 Å². The molecule has 1 fully saturated rings. The van der Waals surface area contributed by atoms with E-state index >= 15 is 0 Å². The monoisotopic (exact) mass is 467 g/mol. The number of halogens is 1. The molecule has 0 saturated carbocycles. The van der Waals surface area contributed by atoms with Gasteiger partial charge in [-0.2, -0.15) is 4.31 Å². The zero-order valence-electron chi connectivity index (χ0n) is 16.8. The van der Waals surface area contributed by atoms with Gasteiger partial charge >= 0.3 is 0 Å². The van der Waals surface area contributed by atoms with Gasteiger partial charge in [-0.25, -0.2) is 8.42 Å². The van der Waals surface area contributed by atoms with Gasteiger partial charge in [0.2, 0.25) is 15.9 Å². The van der Waals surface area contributed by atoms with Gasteiger partial charge in [-0.05, 0) is 44.0 Å². The van der Waals surface area contributed by atoms with E-state index in [0.29, 0.717) is 25.2 Å². The first-order valence-electron chi connectivity index (χ1n) is 9.70. The molecule has 0 unspecified atom stereocenters. The number of nitrogens with zero attached hydrogens (tertiary/aromatic N) is 2. The van der Waals surface area contributed by atoms with Gasteiger partial charge in [0.1, 0.15) is 5.75 Å². The zero-order chi connectivity index (χ0) is 22.6. The van der Waals surface area contributed by atoms with E-state index in [9.17, 15) is 23.3 Å². The first-order valence-corrected chi connectivity index (χ1v) is 11.5. The number of nitrogens with one attached hydrogen (secondary N) is 1. The highest BCUT2D eigenvalue weighted by molar-refractivity contribution is 7.89. The van der Waals surface area contributed by atoms with Crippen molar-refractivity contribution >= 4 is 38.9 Å². The van der Waals surface area contributed by atoms with Crippen LogP contribution >= 0.6 is 11.6 Å². The third-order valence-electron chi connectivity index (χ3n) is 4.92. The molecule has 0 radical (unpaired) electrons. The van der Waals surface area contributed by atoms with Crippen LogP contribution in [0.4, 0.5) is 11.4 Å². The average Bonchev–Trinajstić information content (AvgIpc) is 2.75. The Morgan fingerprint density at radius 2 is 2.10 bits per heavy atom. The molecule has 0 spiro atoms. The zero-order valence-corrected chi connectivity index (χ0v) is 18.4. The molecule has 31 heavy (non-hydrogen) atoms. The summed E-state index contributed by atoms with van der Waals surface area (Å²) in [5.41, 5.74) is 0.149. The van der Waals surface area contributed by atoms with E-state index in [1.807, 2.05) is 0 Å². The van der Waals surface area contributed by atoms with Gasteiger partial charge in [-0.3, -0.25) is 14.9 Å². The molecule has 9 nitrogen and oxygen atoms in total. The lowest BCUT2D eigenvalue weighted by Gasteiger charge is -2.31. The van der Waals surface area contributed by atoms with Gasteiger partial charge in [-0.15, -0.1) is 0 Å². The summed E-state index contributed by atoms with van der Waals surface area (Å²) in [5, 5.41) is 13.8. The lowest BCUT2D eigenvalue weighted by atomic mass is 9.98. The van der Waals surface area contributed by atoms with Crippen molar-refractivity contribution in [3.8, 4) is 5.75 Å². The number of nitro benzene ring substituents is 1. The van der Waals surface area contributed by atoms with Crippen molar-refractivity contribution in [2.45, 2.75) is 24.7 Å². The lowest BCUT2D eigenvalue weighted by molar-refractivity contribution is -0.384. The predicted molar refractivity (Wildman–Crippen MR) is 116 cm³/mol. The summed E-state index contributed by atoms with van der Waals surface area (Å²) >= 11 is 6.14. The highest BCUT2D eigenvalue weighted by Crippen LogP contribution is 2.31. The number of sulfonamides is 1. The maximum Gasteiger partial charge on any atom is 0.271 e. The third-order valence-corrected chi connectivity index (χ3v) is 7.08. The molecule has 11 heteroatoms. The number of carbonyl (C=O) groups excluding carboxylic acids is 1. The van der Waals surface area contributed by atoms with Crippen molar-refractivity contribution in [3.63, 3.8) is 0 Å². The number of carbonyl (C=O) groups is 1. The number of rotatable bonds is 7. The topological polar surface area (TPSA) is 119 Å². The fourth-order valence-corrected chi connectivity index (χ4v) is 5.23. The number of ether oxygens (including phenoxy) is 1. The second kappa shape index (κ2) is 9.63. The molecule has 1 saturated heterocycles. The Labute approximate surface area is 185 Å². The van der Waals surface area contributed by atoms with E-state index in [1.165, 1.54) is 40.7 Å². The van der Waals surface area contributed by atoms with Gasteiger partial charge in [0.05, 0.1) is 27.4 Å². The van der Waals surface area contributed by atoms with Crippen LogP contribution in [0.5, 0.6) is 5.75 Å². The minimum Gasteiger partial charge on any atom is -0.492 e. The number of anilines is 1. The van der Waals surface area contributed by atoms with Crippen molar-refractivity contribution < 1.29 is 22.9 Å². The molecule has 0 aliphatic carbocycles. The smallest absolute Gasteiger partial charge is 0.271 e. The SMILES string of the molecule is CCOc1ccc(S(=O)(=O)N2CCC[C@H](C(=O)Nc3cccc([N+](=O)[O-])c3)C2)cc1Cl. The van der Waals surface area contributed by atoms with Gasteiger partial charge in [0.25, 0.3) is 5.69 Å². The molecule has 0 bridgehead atoms. The minimum absolute atomic E-state index is 0.00786. The second-order valence-electron chi connectivity index (χ2n) is 7.02. The fraction of sp³-hybridized carbons (Fsp3) is 0.350. The summed E-state index contributed by atoms with van der Waals surface area (Å²) in [6.45, 7) is 2.49. The van der Waals surface area contributed by atoms with E-state index < -0.39 is 20.9 Å². The number of benzene rings is 2. The Morgan fingerprint density at radius 3 is 2.77 bits per heavy atom. The quantitative estimate of drug-likeness (QED) is 0.490. The van der Waals surface area contributed by atoms with E-state index in [1.54, 1.807) is 13.0 Å². The first-order chi connectivity index (χ1) is 14.7. The van der Waals surface area contributed by atoms with Crippen molar-refractivity contribution in [1.29, 1.82) is 0 Å². The molecule has 0 aromatic heterocycles. The molecule has 3 rings (SSSR count). The molecule has 1 aliphatic heterocycles. The van der Waals surface area contributed by atoms with Crippen LogP contribution in [0.2, 0.25) is 5.02 Å². The summed E-state index contributed by atoms with van der Waals surface area (Å²) in [5.74, 6) is -0.568. The summed E-state index contributed by atoms with van der Waals surface area (Å²) in [4.78, 5) is 23.1. The number of hydrogen-bond donors (Lipinski definition) is 1. The van der Waals surface area contributed by atoms with Crippen LogP contribution in [-0.2, 0) is 14.8 Å². The normalized spacial score (nSPS) is 17.2. The summed E-state index contributed by atoms with van der Waals surface area (Å²) in [6.07, 6.45) is 1.02. The molecular formula is C20H22ClN3O6S. The van der Waals surface area contributed by atoms with Crippen molar-refractivity contribution in [2.24, 2.45) is 5.92 Å². The second-order valence-corrected chi connectivity index (χ2v) is 9.37. The molecule has 1 heterocycles. The molecule has 1 N–H and O–H groups in total. The molecule has 1 aliphatic rings. The van der Waals surface area contributed by atoms with Crippen LogP contribution in [0, 0.1) is 16.0 Å². The summed E-state index contributed by atoms with van der Waals surface area (Å²) < 4.78 is 32.8. The van der Waals surface area contributed by atoms with Crippen LogP contribution in [0.3, 0.4) is 0 Å². The molecule has 2 aromatic carbocycles. The maximum atomic E-state index is 13.1.